The van der Waals surface area contributed by atoms with Gasteiger partial charge in [-0.2, -0.15) is 8.42 Å². The van der Waals surface area contributed by atoms with Crippen LogP contribution in [0.15, 0.2) is 12.2 Å². The molecule has 0 unspecified atom stereocenters. The molecule has 0 heterocycles. The topological polar surface area (TPSA) is 104 Å². The highest BCUT2D eigenvalue weighted by atomic mass is 32.3. The molecule has 0 saturated heterocycles. The van der Waals surface area contributed by atoms with Crippen LogP contribution in [-0.2, 0) is 15.2 Å². The Morgan fingerprint density at radius 3 is 1.67 bits per heavy atom. The molecule has 0 spiro atoms. The number of rotatable bonds is 1. The molecule has 0 aliphatic rings. The average molecular weight is 197 g/mol. The van der Waals surface area contributed by atoms with Gasteiger partial charge in [0.05, 0.1) is 0 Å². The van der Waals surface area contributed by atoms with Gasteiger partial charge in [-0.05, 0) is 6.92 Å². The first-order valence-corrected chi connectivity index (χ1v) is 4.15. The fourth-order valence-electron chi connectivity index (χ4n) is 0.213. The lowest BCUT2D eigenvalue weighted by Crippen LogP contribution is -2.17. The van der Waals surface area contributed by atoms with Crippen molar-refractivity contribution in [2.75, 3.05) is 7.05 Å². The zero-order valence-corrected chi connectivity index (χ0v) is 7.55. The average Bonchev–Trinajstić information content (AvgIpc) is 1.82. The zero-order valence-electron chi connectivity index (χ0n) is 6.73. The third kappa shape index (κ3) is 23.0. The van der Waals surface area contributed by atoms with Crippen molar-refractivity contribution in [1.29, 1.82) is 0 Å². The van der Waals surface area contributed by atoms with Crippen molar-refractivity contribution in [2.45, 2.75) is 6.92 Å². The standard InChI is InChI=1S/C5H9NO.H2O4S/c1-4(2)5(7)6-3;1-5(2,3)4/h1H2,2-3H3,(H,6,7);(H2,1,2,3,4). The van der Waals surface area contributed by atoms with E-state index in [1.165, 1.54) is 0 Å². The van der Waals surface area contributed by atoms with Crippen molar-refractivity contribution < 1.29 is 22.3 Å². The number of carbonyl (C=O) groups excluding carboxylic acids is 1. The fraction of sp³-hybridized carbons (Fsp3) is 0.400. The van der Waals surface area contributed by atoms with Crippen LogP contribution in [0.3, 0.4) is 0 Å². The first-order chi connectivity index (χ1) is 5.18. The van der Waals surface area contributed by atoms with E-state index >= 15 is 0 Å². The molecular formula is C5H11NO5S. The van der Waals surface area contributed by atoms with Crippen LogP contribution in [0.1, 0.15) is 6.92 Å². The maximum atomic E-state index is 10.3. The second kappa shape index (κ2) is 5.70. The van der Waals surface area contributed by atoms with Crippen molar-refractivity contribution in [1.82, 2.24) is 5.32 Å². The van der Waals surface area contributed by atoms with Gasteiger partial charge in [-0.15, -0.1) is 0 Å². The molecule has 0 saturated carbocycles. The molecule has 0 atom stereocenters. The summed E-state index contributed by atoms with van der Waals surface area (Å²) in [5, 5.41) is 2.43. The SMILES string of the molecule is C=C(C)C(=O)NC.O=S(=O)(O)O. The summed E-state index contributed by atoms with van der Waals surface area (Å²) in [5.41, 5.74) is 0.544. The summed E-state index contributed by atoms with van der Waals surface area (Å²) < 4.78 is 31.6. The maximum Gasteiger partial charge on any atom is 0.394 e. The highest BCUT2D eigenvalue weighted by Crippen LogP contribution is 1.81. The van der Waals surface area contributed by atoms with Crippen molar-refractivity contribution in [2.24, 2.45) is 0 Å². The summed E-state index contributed by atoms with van der Waals surface area (Å²) >= 11 is 0. The Morgan fingerprint density at radius 2 is 1.67 bits per heavy atom. The van der Waals surface area contributed by atoms with E-state index in [0.29, 0.717) is 5.57 Å². The van der Waals surface area contributed by atoms with E-state index in [9.17, 15) is 4.79 Å². The molecule has 0 fully saturated rings. The van der Waals surface area contributed by atoms with Gasteiger partial charge in [-0.25, -0.2) is 0 Å². The Bertz CT molecular complexity index is 247. The van der Waals surface area contributed by atoms with Gasteiger partial charge < -0.3 is 5.32 Å². The number of carbonyl (C=O) groups is 1. The summed E-state index contributed by atoms with van der Waals surface area (Å²) in [6.45, 7) is 5.08. The first-order valence-electron chi connectivity index (χ1n) is 2.76. The van der Waals surface area contributed by atoms with E-state index in [1.54, 1.807) is 14.0 Å². The van der Waals surface area contributed by atoms with E-state index in [1.807, 2.05) is 0 Å². The van der Waals surface area contributed by atoms with Crippen LogP contribution in [0, 0.1) is 0 Å². The summed E-state index contributed by atoms with van der Waals surface area (Å²) in [6.07, 6.45) is 0. The van der Waals surface area contributed by atoms with Crippen molar-refractivity contribution in [3.63, 3.8) is 0 Å². The minimum atomic E-state index is -4.67. The normalized spacial score (nSPS) is 9.33. The van der Waals surface area contributed by atoms with Crippen molar-refractivity contribution >= 4 is 16.3 Å². The lowest BCUT2D eigenvalue weighted by molar-refractivity contribution is -0.116. The van der Waals surface area contributed by atoms with Gasteiger partial charge in [-0.1, -0.05) is 6.58 Å². The zero-order chi connectivity index (χ0) is 10.4. The van der Waals surface area contributed by atoms with Crippen LogP contribution >= 0.6 is 0 Å². The molecule has 3 N–H and O–H groups in total. The van der Waals surface area contributed by atoms with Gasteiger partial charge in [-0.3, -0.25) is 13.9 Å². The summed E-state index contributed by atoms with van der Waals surface area (Å²) in [6, 6.07) is 0. The van der Waals surface area contributed by atoms with Gasteiger partial charge in [0.1, 0.15) is 0 Å². The second-order valence-electron chi connectivity index (χ2n) is 1.81. The lowest BCUT2D eigenvalue weighted by Gasteiger charge is -1.91. The smallest absolute Gasteiger partial charge is 0.355 e. The number of hydrogen-bond acceptors (Lipinski definition) is 3. The van der Waals surface area contributed by atoms with E-state index in [4.69, 9.17) is 17.5 Å². The van der Waals surface area contributed by atoms with Crippen LogP contribution < -0.4 is 5.32 Å². The van der Waals surface area contributed by atoms with Crippen LogP contribution in [0.4, 0.5) is 0 Å². The molecule has 72 valence electrons. The van der Waals surface area contributed by atoms with Gasteiger partial charge in [0.25, 0.3) is 0 Å². The van der Waals surface area contributed by atoms with Crippen molar-refractivity contribution in [3.05, 3.63) is 12.2 Å². The number of nitrogens with one attached hydrogen (secondary N) is 1. The Hall–Kier alpha value is -0.920. The van der Waals surface area contributed by atoms with E-state index in [-0.39, 0.29) is 5.91 Å². The van der Waals surface area contributed by atoms with Gasteiger partial charge in [0, 0.05) is 12.6 Å². The number of amides is 1. The molecule has 7 heteroatoms. The fourth-order valence-corrected chi connectivity index (χ4v) is 0.213. The quantitative estimate of drug-likeness (QED) is 0.394. The van der Waals surface area contributed by atoms with Crippen LogP contribution in [0.2, 0.25) is 0 Å². The predicted octanol–water partition coefficient (Wildman–Crippen LogP) is -0.344. The molecular weight excluding hydrogens is 186 g/mol. The molecule has 0 aromatic carbocycles. The Balaban J connectivity index is 0. The molecule has 0 aliphatic carbocycles. The van der Waals surface area contributed by atoms with E-state index in [2.05, 4.69) is 11.9 Å². The second-order valence-corrected chi connectivity index (χ2v) is 2.70. The number of hydrogen-bond donors (Lipinski definition) is 3. The van der Waals surface area contributed by atoms with Crippen LogP contribution in [0.25, 0.3) is 0 Å². The molecule has 0 rings (SSSR count). The maximum absolute atomic E-state index is 10.3. The summed E-state index contributed by atoms with van der Waals surface area (Å²) in [7, 11) is -3.09. The summed E-state index contributed by atoms with van der Waals surface area (Å²) in [5.74, 6) is -0.0972. The highest BCUT2D eigenvalue weighted by molar-refractivity contribution is 7.79. The molecule has 0 bridgehead atoms. The third-order valence-corrected chi connectivity index (χ3v) is 0.615. The molecule has 12 heavy (non-hydrogen) atoms. The van der Waals surface area contributed by atoms with Crippen molar-refractivity contribution in [3.8, 4) is 0 Å². The van der Waals surface area contributed by atoms with Crippen LogP contribution in [0.5, 0.6) is 0 Å². The lowest BCUT2D eigenvalue weighted by atomic mass is 10.3. The largest absolute Gasteiger partial charge is 0.394 e. The number of likely N-dealkylation sites (N-methyl/N-ethyl adjacent to an activating group) is 1. The molecule has 0 aromatic heterocycles. The summed E-state index contributed by atoms with van der Waals surface area (Å²) in [4.78, 5) is 10.3. The highest BCUT2D eigenvalue weighted by Gasteiger charge is 1.92. The first kappa shape index (κ1) is 13.7. The molecule has 0 aliphatic heterocycles. The van der Waals surface area contributed by atoms with Crippen LogP contribution in [-0.4, -0.2) is 30.5 Å². The molecule has 0 aromatic rings. The Kier molecular flexibility index (Phi) is 6.48. The predicted molar refractivity (Wildman–Crippen MR) is 43.1 cm³/mol. The molecule has 1 amide bonds. The van der Waals surface area contributed by atoms with Gasteiger partial charge in [0.15, 0.2) is 0 Å². The van der Waals surface area contributed by atoms with Gasteiger partial charge in [0.2, 0.25) is 5.91 Å². The van der Waals surface area contributed by atoms with Gasteiger partial charge >= 0.3 is 10.4 Å². The Labute approximate surface area is 70.9 Å². The van der Waals surface area contributed by atoms with E-state index in [0.717, 1.165) is 0 Å². The molecule has 6 nitrogen and oxygen atoms in total. The minimum absolute atomic E-state index is 0.0972. The van der Waals surface area contributed by atoms with E-state index < -0.39 is 10.4 Å². The third-order valence-electron chi connectivity index (χ3n) is 0.615. The Morgan fingerprint density at radius 1 is 1.42 bits per heavy atom. The monoisotopic (exact) mass is 197 g/mol. The molecule has 0 radical (unpaired) electrons. The minimum Gasteiger partial charge on any atom is -0.355 e.